The molecule has 0 aliphatic carbocycles. The maximum Gasteiger partial charge on any atom is 0.263 e. The van der Waals surface area contributed by atoms with Crippen molar-refractivity contribution in [2.24, 2.45) is 7.05 Å². The van der Waals surface area contributed by atoms with Gasteiger partial charge in [0.05, 0.1) is 26.1 Å². The van der Waals surface area contributed by atoms with Crippen molar-refractivity contribution in [2.45, 2.75) is 6.92 Å². The number of anilines is 1. The van der Waals surface area contributed by atoms with Crippen LogP contribution in [0.5, 0.6) is 11.5 Å². The van der Waals surface area contributed by atoms with E-state index in [4.69, 9.17) is 9.47 Å². The second-order valence-corrected chi connectivity index (χ2v) is 6.91. The molecule has 11 heteroatoms. The van der Waals surface area contributed by atoms with Crippen LogP contribution >= 0.6 is 0 Å². The molecule has 0 spiro atoms. The highest BCUT2D eigenvalue weighted by atomic mass is 16.5. The van der Waals surface area contributed by atoms with Gasteiger partial charge in [0.1, 0.15) is 11.2 Å². The second-order valence-electron chi connectivity index (χ2n) is 6.91. The Morgan fingerprint density at radius 2 is 1.97 bits per heavy atom. The number of benzene rings is 1. The Morgan fingerprint density at radius 1 is 1.19 bits per heavy atom. The number of fused-ring (bicyclic) bond motifs is 1. The molecule has 11 nitrogen and oxygen atoms in total. The lowest BCUT2D eigenvalue weighted by Gasteiger charge is -2.08. The molecule has 32 heavy (non-hydrogen) atoms. The SMILES string of the molecule is COc1ccc(/C=C\C(=O)Nc2cc(C)nn2-c2nc3c(cnn3C)c(=O)[nH]2)cc1OC. The molecule has 164 valence electrons. The van der Waals surface area contributed by atoms with Crippen molar-refractivity contribution in [2.75, 3.05) is 19.5 Å². The average molecular weight is 435 g/mol. The predicted octanol–water partition coefficient (Wildman–Crippen LogP) is 1.82. The van der Waals surface area contributed by atoms with Crippen LogP contribution in [0, 0.1) is 6.92 Å². The lowest BCUT2D eigenvalue weighted by atomic mass is 10.2. The second kappa shape index (κ2) is 8.38. The lowest BCUT2D eigenvalue weighted by Crippen LogP contribution is -2.18. The largest absolute Gasteiger partial charge is 0.493 e. The van der Waals surface area contributed by atoms with Crippen LogP contribution in [0.4, 0.5) is 5.82 Å². The van der Waals surface area contributed by atoms with Crippen molar-refractivity contribution in [3.05, 3.63) is 58.1 Å². The third-order valence-corrected chi connectivity index (χ3v) is 4.71. The Balaban J connectivity index is 1.60. The van der Waals surface area contributed by atoms with Gasteiger partial charge in [-0.25, -0.2) is 0 Å². The molecule has 3 aromatic heterocycles. The molecule has 0 saturated carbocycles. The number of rotatable bonds is 6. The molecule has 1 amide bonds. The number of carbonyl (C=O) groups is 1. The van der Waals surface area contributed by atoms with Crippen LogP contribution in [0.2, 0.25) is 0 Å². The third kappa shape index (κ3) is 3.95. The average Bonchev–Trinajstić information content (AvgIpc) is 3.34. The molecule has 0 fully saturated rings. The van der Waals surface area contributed by atoms with E-state index >= 15 is 0 Å². The number of hydrogen-bond acceptors (Lipinski definition) is 7. The van der Waals surface area contributed by atoms with Gasteiger partial charge < -0.3 is 14.8 Å². The summed E-state index contributed by atoms with van der Waals surface area (Å²) in [5, 5.41) is 11.5. The van der Waals surface area contributed by atoms with E-state index in [1.54, 1.807) is 58.5 Å². The van der Waals surface area contributed by atoms with Crippen LogP contribution in [0.3, 0.4) is 0 Å². The zero-order valence-corrected chi connectivity index (χ0v) is 17.9. The van der Waals surface area contributed by atoms with Crippen molar-refractivity contribution < 1.29 is 14.3 Å². The summed E-state index contributed by atoms with van der Waals surface area (Å²) in [6, 6.07) is 6.99. The number of nitrogens with one attached hydrogen (secondary N) is 2. The Kier molecular flexibility index (Phi) is 5.46. The van der Waals surface area contributed by atoms with Gasteiger partial charge in [-0.2, -0.15) is 19.9 Å². The standard InChI is InChI=1S/C21H21N7O4/c1-12-9-17(23-18(29)8-6-13-5-7-15(31-3)16(10-13)32-4)28(26-12)21-24-19-14(20(30)25-21)11-22-27(19)2/h5-11H,1-4H3,(H,23,29)(H,24,25,30)/b8-6-. The highest BCUT2D eigenvalue weighted by Gasteiger charge is 2.15. The van der Waals surface area contributed by atoms with Crippen LogP contribution in [0.25, 0.3) is 23.1 Å². The van der Waals surface area contributed by atoms with E-state index in [1.807, 2.05) is 0 Å². The fourth-order valence-electron chi connectivity index (χ4n) is 3.17. The zero-order valence-electron chi connectivity index (χ0n) is 17.9. The van der Waals surface area contributed by atoms with E-state index in [1.165, 1.54) is 21.6 Å². The van der Waals surface area contributed by atoms with Crippen molar-refractivity contribution in [1.29, 1.82) is 0 Å². The number of amides is 1. The predicted molar refractivity (Wildman–Crippen MR) is 118 cm³/mol. The highest BCUT2D eigenvalue weighted by molar-refractivity contribution is 6.01. The number of ether oxygens (including phenoxy) is 2. The van der Waals surface area contributed by atoms with E-state index in [0.29, 0.717) is 34.0 Å². The molecule has 0 aliphatic heterocycles. The van der Waals surface area contributed by atoms with Gasteiger partial charge in [-0.3, -0.25) is 19.3 Å². The highest BCUT2D eigenvalue weighted by Crippen LogP contribution is 2.28. The number of aryl methyl sites for hydroxylation is 2. The third-order valence-electron chi connectivity index (χ3n) is 4.71. The van der Waals surface area contributed by atoms with Gasteiger partial charge in [0.15, 0.2) is 17.1 Å². The molecule has 0 unspecified atom stereocenters. The van der Waals surface area contributed by atoms with Gasteiger partial charge in [0.2, 0.25) is 11.9 Å². The molecule has 0 aliphatic rings. The number of carbonyl (C=O) groups excluding carboxylic acids is 1. The molecule has 0 radical (unpaired) electrons. The van der Waals surface area contributed by atoms with E-state index in [-0.39, 0.29) is 17.4 Å². The molecule has 3 heterocycles. The molecule has 2 N–H and O–H groups in total. The number of H-pyrrole nitrogens is 1. The van der Waals surface area contributed by atoms with Gasteiger partial charge in [-0.05, 0) is 30.7 Å². The number of methoxy groups -OCH3 is 2. The Bertz CT molecular complexity index is 1400. The number of nitrogens with zero attached hydrogens (tertiary/aromatic N) is 5. The first-order valence-corrected chi connectivity index (χ1v) is 9.59. The molecule has 0 atom stereocenters. The van der Waals surface area contributed by atoms with E-state index in [2.05, 4.69) is 25.5 Å². The summed E-state index contributed by atoms with van der Waals surface area (Å²) in [5.41, 5.74) is 1.45. The first-order valence-electron chi connectivity index (χ1n) is 9.59. The first kappa shape index (κ1) is 20.8. The van der Waals surface area contributed by atoms with Gasteiger partial charge in [-0.1, -0.05) is 6.07 Å². The fourth-order valence-corrected chi connectivity index (χ4v) is 3.17. The number of aromatic nitrogens is 6. The summed E-state index contributed by atoms with van der Waals surface area (Å²) in [4.78, 5) is 32.0. The van der Waals surface area contributed by atoms with Crippen molar-refractivity contribution in [3.8, 4) is 17.4 Å². The van der Waals surface area contributed by atoms with Crippen LogP contribution in [0.15, 0.2) is 41.3 Å². The van der Waals surface area contributed by atoms with Crippen LogP contribution in [-0.4, -0.2) is 49.7 Å². The van der Waals surface area contributed by atoms with Crippen molar-refractivity contribution in [3.63, 3.8) is 0 Å². The molecule has 1 aromatic carbocycles. The van der Waals surface area contributed by atoms with E-state index in [0.717, 1.165) is 5.56 Å². The summed E-state index contributed by atoms with van der Waals surface area (Å²) in [7, 11) is 4.79. The molecule has 0 bridgehead atoms. The van der Waals surface area contributed by atoms with E-state index in [9.17, 15) is 9.59 Å². The lowest BCUT2D eigenvalue weighted by molar-refractivity contribution is -0.111. The Morgan fingerprint density at radius 3 is 2.72 bits per heavy atom. The first-order chi connectivity index (χ1) is 15.4. The summed E-state index contributed by atoms with van der Waals surface area (Å²) in [6.07, 6.45) is 4.47. The minimum Gasteiger partial charge on any atom is -0.493 e. The quantitative estimate of drug-likeness (QED) is 0.442. The normalized spacial score (nSPS) is 11.2. The minimum atomic E-state index is -0.384. The molecule has 0 saturated heterocycles. The Labute approximate surface area is 182 Å². The maximum absolute atomic E-state index is 12.5. The van der Waals surface area contributed by atoms with Crippen LogP contribution in [0.1, 0.15) is 11.3 Å². The maximum atomic E-state index is 12.5. The van der Waals surface area contributed by atoms with Gasteiger partial charge in [0, 0.05) is 19.2 Å². The number of hydrogen-bond donors (Lipinski definition) is 2. The fraction of sp³-hybridized carbons (Fsp3) is 0.190. The Hall–Kier alpha value is -4.41. The molecular formula is C21H21N7O4. The smallest absolute Gasteiger partial charge is 0.263 e. The van der Waals surface area contributed by atoms with Crippen LogP contribution in [-0.2, 0) is 11.8 Å². The monoisotopic (exact) mass is 435 g/mol. The summed E-state index contributed by atoms with van der Waals surface area (Å²) in [6.45, 7) is 1.77. The zero-order chi connectivity index (χ0) is 22.8. The molecule has 4 rings (SSSR count). The summed E-state index contributed by atoms with van der Waals surface area (Å²) in [5.74, 6) is 1.29. The van der Waals surface area contributed by atoms with Crippen molar-refractivity contribution in [1.82, 2.24) is 29.5 Å². The van der Waals surface area contributed by atoms with Gasteiger partial charge in [0.25, 0.3) is 5.56 Å². The minimum absolute atomic E-state index is 0.165. The molecular weight excluding hydrogens is 414 g/mol. The van der Waals surface area contributed by atoms with Crippen molar-refractivity contribution >= 4 is 28.8 Å². The topological polar surface area (TPSA) is 129 Å². The molecule has 4 aromatic rings. The van der Waals surface area contributed by atoms with Gasteiger partial charge in [-0.15, -0.1) is 0 Å². The summed E-state index contributed by atoms with van der Waals surface area (Å²) < 4.78 is 13.4. The summed E-state index contributed by atoms with van der Waals surface area (Å²) >= 11 is 0. The van der Waals surface area contributed by atoms with Gasteiger partial charge >= 0.3 is 0 Å². The van der Waals surface area contributed by atoms with Crippen LogP contribution < -0.4 is 20.3 Å². The van der Waals surface area contributed by atoms with E-state index < -0.39 is 0 Å². The number of aromatic amines is 1.